The van der Waals surface area contributed by atoms with E-state index in [9.17, 15) is 4.79 Å². The summed E-state index contributed by atoms with van der Waals surface area (Å²) in [4.78, 5) is 10.8. The summed E-state index contributed by atoms with van der Waals surface area (Å²) in [5.41, 5.74) is 0. The van der Waals surface area contributed by atoms with E-state index in [0.717, 1.165) is 6.42 Å². The Kier molecular flexibility index (Phi) is 17.7. The molecule has 0 fully saturated rings. The van der Waals surface area contributed by atoms with Crippen LogP contribution in [0, 0.1) is 0 Å². The number of esters is 1. The first-order valence-electron chi connectivity index (χ1n) is 9.37. The first-order valence-corrected chi connectivity index (χ1v) is 9.37. The second-order valence-electron chi connectivity index (χ2n) is 5.98. The minimum Gasteiger partial charge on any atom is -0.466 e. The number of unbranched alkanes of at least 4 members (excludes halogenated alkanes) is 10. The van der Waals surface area contributed by atoms with Gasteiger partial charge in [0.2, 0.25) is 0 Å². The van der Waals surface area contributed by atoms with Gasteiger partial charge in [-0.1, -0.05) is 75.8 Å². The van der Waals surface area contributed by atoms with E-state index in [1.54, 1.807) is 6.08 Å². The molecule has 23 heavy (non-hydrogen) atoms. The third kappa shape index (κ3) is 18.6. The van der Waals surface area contributed by atoms with Gasteiger partial charge in [0, 0.05) is 6.08 Å². The topological polar surface area (TPSA) is 26.3 Å². The fourth-order valence-electron chi connectivity index (χ4n) is 2.36. The van der Waals surface area contributed by atoms with E-state index in [1.165, 1.54) is 83.8 Å². The highest BCUT2D eigenvalue weighted by molar-refractivity contribution is 5.82. The predicted molar refractivity (Wildman–Crippen MR) is 101 cm³/mol. The molecular weight excluding hydrogens is 284 g/mol. The summed E-state index contributed by atoms with van der Waals surface area (Å²) in [6, 6.07) is 0. The Hall–Kier alpha value is -1.31. The molecule has 0 bridgehead atoms. The maximum atomic E-state index is 10.8. The van der Waals surface area contributed by atoms with Gasteiger partial charge in [-0.15, -0.1) is 0 Å². The number of methoxy groups -OCH3 is 1. The maximum Gasteiger partial charge on any atom is 0.330 e. The van der Waals surface area contributed by atoms with E-state index in [2.05, 4.69) is 29.9 Å². The Bertz CT molecular complexity index is 340. The van der Waals surface area contributed by atoms with E-state index in [4.69, 9.17) is 0 Å². The molecule has 0 aliphatic rings. The molecule has 2 nitrogen and oxygen atoms in total. The standard InChI is InChI=1S/C21H36O2/c1-3-4-5-6-7-8-9-10-11-12-13-14-15-16-17-18-19-20-21(22)23-2/h7-8,17-20H,3-6,9-16H2,1-2H3. The summed E-state index contributed by atoms with van der Waals surface area (Å²) in [5, 5.41) is 0. The average Bonchev–Trinajstić information content (AvgIpc) is 2.57. The first-order chi connectivity index (χ1) is 11.3. The van der Waals surface area contributed by atoms with Gasteiger partial charge >= 0.3 is 5.97 Å². The number of carbonyl (C=O) groups is 1. The van der Waals surface area contributed by atoms with Crippen molar-refractivity contribution in [3.63, 3.8) is 0 Å². The number of allylic oxidation sites excluding steroid dienone is 5. The highest BCUT2D eigenvalue weighted by atomic mass is 16.5. The molecule has 132 valence electrons. The Morgan fingerprint density at radius 2 is 1.26 bits per heavy atom. The maximum absolute atomic E-state index is 10.8. The molecule has 0 aromatic carbocycles. The molecule has 0 rings (SSSR count). The number of rotatable bonds is 15. The van der Waals surface area contributed by atoms with Crippen LogP contribution in [0.25, 0.3) is 0 Å². The Morgan fingerprint density at radius 1 is 0.739 bits per heavy atom. The Labute approximate surface area is 143 Å². The summed E-state index contributed by atoms with van der Waals surface area (Å²) in [6.07, 6.45) is 27.5. The van der Waals surface area contributed by atoms with Crippen molar-refractivity contribution in [2.75, 3.05) is 7.11 Å². The highest BCUT2D eigenvalue weighted by Gasteiger charge is 1.90. The van der Waals surface area contributed by atoms with E-state index in [-0.39, 0.29) is 5.97 Å². The van der Waals surface area contributed by atoms with Crippen LogP contribution in [-0.2, 0) is 9.53 Å². The zero-order valence-corrected chi connectivity index (χ0v) is 15.3. The smallest absolute Gasteiger partial charge is 0.330 e. The van der Waals surface area contributed by atoms with E-state index in [1.807, 2.05) is 6.08 Å². The summed E-state index contributed by atoms with van der Waals surface area (Å²) >= 11 is 0. The second-order valence-corrected chi connectivity index (χ2v) is 5.98. The number of hydrogen-bond acceptors (Lipinski definition) is 2. The molecule has 2 heteroatoms. The molecule has 0 unspecified atom stereocenters. The molecule has 0 radical (unpaired) electrons. The normalized spacial score (nSPS) is 11.9. The lowest BCUT2D eigenvalue weighted by Crippen LogP contribution is -1.92. The molecule has 0 saturated carbocycles. The van der Waals surface area contributed by atoms with Crippen molar-refractivity contribution in [2.24, 2.45) is 0 Å². The van der Waals surface area contributed by atoms with Gasteiger partial charge in [0.25, 0.3) is 0 Å². The third-order valence-corrected chi connectivity index (χ3v) is 3.81. The zero-order chi connectivity index (χ0) is 17.0. The largest absolute Gasteiger partial charge is 0.466 e. The van der Waals surface area contributed by atoms with Crippen LogP contribution in [0.3, 0.4) is 0 Å². The van der Waals surface area contributed by atoms with Crippen LogP contribution in [0.15, 0.2) is 36.5 Å². The lowest BCUT2D eigenvalue weighted by molar-refractivity contribution is -0.134. The second kappa shape index (κ2) is 18.7. The van der Waals surface area contributed by atoms with Crippen LogP contribution in [0.1, 0.15) is 84.0 Å². The van der Waals surface area contributed by atoms with Crippen LogP contribution >= 0.6 is 0 Å². The molecule has 0 atom stereocenters. The van der Waals surface area contributed by atoms with Crippen molar-refractivity contribution >= 4 is 5.97 Å². The van der Waals surface area contributed by atoms with E-state index >= 15 is 0 Å². The molecule has 0 aliphatic carbocycles. The van der Waals surface area contributed by atoms with Gasteiger partial charge in [0.15, 0.2) is 0 Å². The quantitative estimate of drug-likeness (QED) is 0.113. The fourth-order valence-corrected chi connectivity index (χ4v) is 2.36. The summed E-state index contributed by atoms with van der Waals surface area (Å²) in [5.74, 6) is -0.301. The first kappa shape index (κ1) is 21.7. The van der Waals surface area contributed by atoms with Crippen molar-refractivity contribution < 1.29 is 9.53 Å². The van der Waals surface area contributed by atoms with Crippen LogP contribution in [-0.4, -0.2) is 13.1 Å². The van der Waals surface area contributed by atoms with Gasteiger partial charge in [-0.05, 0) is 38.5 Å². The average molecular weight is 321 g/mol. The Morgan fingerprint density at radius 3 is 1.83 bits per heavy atom. The Balaban J connectivity index is 3.23. The molecule has 0 amide bonds. The number of hydrogen-bond donors (Lipinski definition) is 0. The highest BCUT2D eigenvalue weighted by Crippen LogP contribution is 2.09. The minimum atomic E-state index is -0.301. The van der Waals surface area contributed by atoms with Crippen molar-refractivity contribution in [1.29, 1.82) is 0 Å². The third-order valence-electron chi connectivity index (χ3n) is 3.81. The van der Waals surface area contributed by atoms with Crippen molar-refractivity contribution in [3.05, 3.63) is 36.5 Å². The van der Waals surface area contributed by atoms with Gasteiger partial charge < -0.3 is 4.74 Å². The summed E-state index contributed by atoms with van der Waals surface area (Å²) in [6.45, 7) is 2.25. The molecule has 0 aromatic heterocycles. The lowest BCUT2D eigenvalue weighted by Gasteiger charge is -1.99. The van der Waals surface area contributed by atoms with Gasteiger partial charge in [0.05, 0.1) is 7.11 Å². The molecule has 0 heterocycles. The predicted octanol–water partition coefficient (Wildman–Crippen LogP) is 6.53. The van der Waals surface area contributed by atoms with Crippen molar-refractivity contribution in [1.82, 2.24) is 0 Å². The van der Waals surface area contributed by atoms with Crippen LogP contribution in [0.5, 0.6) is 0 Å². The number of ether oxygens (including phenoxy) is 1. The van der Waals surface area contributed by atoms with Gasteiger partial charge in [-0.2, -0.15) is 0 Å². The van der Waals surface area contributed by atoms with Gasteiger partial charge in [-0.25, -0.2) is 4.79 Å². The summed E-state index contributed by atoms with van der Waals surface area (Å²) < 4.78 is 4.52. The SMILES string of the molecule is CCCCCC=CCCCCCCCCC=CC=CC(=O)OC. The number of carbonyl (C=O) groups excluding carboxylic acids is 1. The molecule has 0 N–H and O–H groups in total. The lowest BCUT2D eigenvalue weighted by atomic mass is 10.1. The van der Waals surface area contributed by atoms with Crippen LogP contribution in [0.4, 0.5) is 0 Å². The van der Waals surface area contributed by atoms with Gasteiger partial charge in [0.1, 0.15) is 0 Å². The van der Waals surface area contributed by atoms with Crippen molar-refractivity contribution in [3.8, 4) is 0 Å². The van der Waals surface area contributed by atoms with E-state index < -0.39 is 0 Å². The fraction of sp³-hybridized carbons (Fsp3) is 0.667. The minimum absolute atomic E-state index is 0.301. The van der Waals surface area contributed by atoms with Crippen LogP contribution < -0.4 is 0 Å². The molecule has 0 spiro atoms. The van der Waals surface area contributed by atoms with Crippen molar-refractivity contribution in [2.45, 2.75) is 84.0 Å². The molecule has 0 aliphatic heterocycles. The summed E-state index contributed by atoms with van der Waals surface area (Å²) in [7, 11) is 1.39. The molecule has 0 aromatic rings. The van der Waals surface area contributed by atoms with Gasteiger partial charge in [-0.3, -0.25) is 0 Å². The van der Waals surface area contributed by atoms with E-state index in [0.29, 0.717) is 0 Å². The zero-order valence-electron chi connectivity index (χ0n) is 15.3. The molecule has 0 saturated heterocycles. The molecular formula is C21H36O2. The monoisotopic (exact) mass is 320 g/mol. The van der Waals surface area contributed by atoms with Crippen LogP contribution in [0.2, 0.25) is 0 Å².